The van der Waals surface area contributed by atoms with E-state index >= 15 is 0 Å². The van der Waals surface area contributed by atoms with Gasteiger partial charge in [-0.2, -0.15) is 0 Å². The number of rotatable bonds is 9. The van der Waals surface area contributed by atoms with Gasteiger partial charge in [0.25, 0.3) is 0 Å². The summed E-state index contributed by atoms with van der Waals surface area (Å²) in [5.41, 5.74) is 5.45. The summed E-state index contributed by atoms with van der Waals surface area (Å²) in [6.45, 7) is 11.1. The molecule has 2 aromatic carbocycles. The largest absolute Gasteiger partial charge is 0.354 e. The molecule has 2 aromatic rings. The Balaban J connectivity index is 2.32. The maximum Gasteiger partial charge on any atom is 0.242 e. The Hall–Kier alpha value is -2.62. The van der Waals surface area contributed by atoms with Crippen LogP contribution in [0.4, 0.5) is 0 Å². The van der Waals surface area contributed by atoms with Gasteiger partial charge in [-0.15, -0.1) is 0 Å². The molecule has 0 spiro atoms. The summed E-state index contributed by atoms with van der Waals surface area (Å²) >= 11 is 0. The molecule has 0 fully saturated rings. The minimum atomic E-state index is -0.473. The third kappa shape index (κ3) is 6.45. The number of amides is 2. The Labute approximate surface area is 175 Å². The van der Waals surface area contributed by atoms with Crippen LogP contribution in [0.5, 0.6) is 0 Å². The number of carbonyl (C=O) groups is 2. The van der Waals surface area contributed by atoms with Crippen LogP contribution in [0, 0.1) is 20.8 Å². The molecule has 0 aliphatic carbocycles. The molecule has 0 radical (unpaired) electrons. The average molecular weight is 395 g/mol. The summed E-state index contributed by atoms with van der Waals surface area (Å²) in [7, 11) is 0. The lowest BCUT2D eigenvalue weighted by molar-refractivity contribution is -0.140. The van der Waals surface area contributed by atoms with Crippen LogP contribution in [-0.2, 0) is 22.6 Å². The molecule has 29 heavy (non-hydrogen) atoms. The Bertz CT molecular complexity index is 844. The van der Waals surface area contributed by atoms with E-state index in [1.54, 1.807) is 4.90 Å². The zero-order valence-electron chi connectivity index (χ0n) is 18.4. The van der Waals surface area contributed by atoms with Crippen molar-refractivity contribution in [2.45, 2.75) is 66.5 Å². The topological polar surface area (TPSA) is 49.4 Å². The molecule has 1 unspecified atom stereocenters. The number of nitrogens with zero attached hydrogens (tertiary/aromatic N) is 1. The molecule has 1 atom stereocenters. The molecule has 0 saturated heterocycles. The number of benzene rings is 2. The van der Waals surface area contributed by atoms with Gasteiger partial charge in [-0.05, 0) is 50.3 Å². The lowest BCUT2D eigenvalue weighted by Gasteiger charge is -2.31. The number of aryl methyl sites for hydroxylation is 3. The van der Waals surface area contributed by atoms with Crippen molar-refractivity contribution in [2.75, 3.05) is 6.54 Å². The highest BCUT2D eigenvalue weighted by molar-refractivity contribution is 5.88. The normalized spacial score (nSPS) is 11.8. The van der Waals surface area contributed by atoms with Crippen molar-refractivity contribution >= 4 is 11.8 Å². The first kappa shape index (κ1) is 22.7. The van der Waals surface area contributed by atoms with Gasteiger partial charge in [0.15, 0.2) is 0 Å². The maximum absolute atomic E-state index is 13.4. The third-order valence-electron chi connectivity index (χ3n) is 5.22. The summed E-state index contributed by atoms with van der Waals surface area (Å²) < 4.78 is 0. The fraction of sp³-hybridized carbons (Fsp3) is 0.440. The zero-order chi connectivity index (χ0) is 21.4. The first-order chi connectivity index (χ1) is 13.8. The van der Waals surface area contributed by atoms with Gasteiger partial charge < -0.3 is 10.2 Å². The third-order valence-corrected chi connectivity index (χ3v) is 5.22. The minimum absolute atomic E-state index is 0.0151. The highest BCUT2D eigenvalue weighted by Crippen LogP contribution is 2.18. The molecule has 0 aromatic heterocycles. The van der Waals surface area contributed by atoms with Gasteiger partial charge in [-0.25, -0.2) is 0 Å². The lowest BCUT2D eigenvalue weighted by Crippen LogP contribution is -2.49. The van der Waals surface area contributed by atoms with Crippen LogP contribution in [0.1, 0.15) is 54.5 Å². The Morgan fingerprint density at radius 1 is 1.00 bits per heavy atom. The molecule has 4 nitrogen and oxygen atoms in total. The van der Waals surface area contributed by atoms with E-state index in [0.29, 0.717) is 25.9 Å². The maximum atomic E-state index is 13.4. The van der Waals surface area contributed by atoms with Crippen LogP contribution in [0.25, 0.3) is 0 Å². The summed E-state index contributed by atoms with van der Waals surface area (Å²) in [6, 6.07) is 13.8. The molecule has 2 rings (SSSR count). The molecule has 2 amide bonds. The second-order valence-electron chi connectivity index (χ2n) is 7.83. The fourth-order valence-electron chi connectivity index (χ4n) is 3.55. The van der Waals surface area contributed by atoms with Gasteiger partial charge >= 0.3 is 0 Å². The summed E-state index contributed by atoms with van der Waals surface area (Å²) in [4.78, 5) is 27.9. The van der Waals surface area contributed by atoms with Crippen LogP contribution < -0.4 is 5.32 Å². The standard InChI is InChI=1S/C25H34N2O2/c1-6-13-26-25(29)23(7-2)27(17-21-10-8-9-18(3)14-21)24(28)16-22-15-19(4)11-12-20(22)5/h8-12,14-15,23H,6-7,13,16-17H2,1-5H3,(H,26,29). The van der Waals surface area contributed by atoms with Crippen LogP contribution in [0.15, 0.2) is 42.5 Å². The number of nitrogens with one attached hydrogen (secondary N) is 1. The molecule has 0 aliphatic heterocycles. The van der Waals surface area contributed by atoms with E-state index < -0.39 is 6.04 Å². The predicted molar refractivity (Wildman–Crippen MR) is 119 cm³/mol. The molecule has 0 bridgehead atoms. The lowest BCUT2D eigenvalue weighted by atomic mass is 10.0. The van der Waals surface area contributed by atoms with Crippen LogP contribution >= 0.6 is 0 Å². The molecule has 1 N–H and O–H groups in total. The fourth-order valence-corrected chi connectivity index (χ4v) is 3.55. The molecule has 0 heterocycles. The second-order valence-corrected chi connectivity index (χ2v) is 7.83. The van der Waals surface area contributed by atoms with Gasteiger partial charge in [0.05, 0.1) is 6.42 Å². The number of hydrogen-bond donors (Lipinski definition) is 1. The monoisotopic (exact) mass is 394 g/mol. The van der Waals surface area contributed by atoms with Crippen LogP contribution in [0.2, 0.25) is 0 Å². The SMILES string of the molecule is CCCNC(=O)C(CC)N(Cc1cccc(C)c1)C(=O)Cc1cc(C)ccc1C. The molecule has 0 saturated carbocycles. The molecule has 4 heteroatoms. The van der Waals surface area contributed by atoms with E-state index in [1.807, 2.05) is 58.9 Å². The minimum Gasteiger partial charge on any atom is -0.354 e. The van der Waals surface area contributed by atoms with Gasteiger partial charge in [0.2, 0.25) is 11.8 Å². The van der Waals surface area contributed by atoms with Gasteiger partial charge in [-0.1, -0.05) is 67.4 Å². The van der Waals surface area contributed by atoms with E-state index in [-0.39, 0.29) is 11.8 Å². The molecular formula is C25H34N2O2. The highest BCUT2D eigenvalue weighted by Gasteiger charge is 2.28. The Morgan fingerprint density at radius 2 is 1.72 bits per heavy atom. The van der Waals surface area contributed by atoms with E-state index in [4.69, 9.17) is 0 Å². The van der Waals surface area contributed by atoms with E-state index in [0.717, 1.165) is 34.2 Å². The summed E-state index contributed by atoms with van der Waals surface area (Å²) in [6.07, 6.45) is 1.76. The molecule has 0 aliphatic rings. The van der Waals surface area contributed by atoms with E-state index in [2.05, 4.69) is 23.5 Å². The first-order valence-electron chi connectivity index (χ1n) is 10.5. The Kier molecular flexibility index (Phi) is 8.44. The summed E-state index contributed by atoms with van der Waals surface area (Å²) in [5.74, 6) is -0.0879. The van der Waals surface area contributed by atoms with Crippen LogP contribution in [0.3, 0.4) is 0 Å². The number of hydrogen-bond acceptors (Lipinski definition) is 2. The van der Waals surface area contributed by atoms with Crippen molar-refractivity contribution in [3.05, 3.63) is 70.3 Å². The first-order valence-corrected chi connectivity index (χ1v) is 10.5. The zero-order valence-corrected chi connectivity index (χ0v) is 18.4. The number of carbonyl (C=O) groups excluding carboxylic acids is 2. The molecular weight excluding hydrogens is 360 g/mol. The Morgan fingerprint density at radius 3 is 2.38 bits per heavy atom. The van der Waals surface area contributed by atoms with Gasteiger partial charge in [0.1, 0.15) is 6.04 Å². The average Bonchev–Trinajstić information content (AvgIpc) is 2.69. The van der Waals surface area contributed by atoms with Gasteiger partial charge in [0, 0.05) is 13.1 Å². The molecule has 156 valence electrons. The van der Waals surface area contributed by atoms with E-state index in [1.165, 1.54) is 0 Å². The smallest absolute Gasteiger partial charge is 0.242 e. The van der Waals surface area contributed by atoms with Gasteiger partial charge in [-0.3, -0.25) is 9.59 Å². The van der Waals surface area contributed by atoms with Crippen molar-refractivity contribution < 1.29 is 9.59 Å². The predicted octanol–water partition coefficient (Wildman–Crippen LogP) is 4.49. The quantitative estimate of drug-likeness (QED) is 0.681. The van der Waals surface area contributed by atoms with Crippen molar-refractivity contribution in [1.82, 2.24) is 10.2 Å². The second kappa shape index (κ2) is 10.8. The van der Waals surface area contributed by atoms with Crippen molar-refractivity contribution in [3.8, 4) is 0 Å². The van der Waals surface area contributed by atoms with E-state index in [9.17, 15) is 9.59 Å². The van der Waals surface area contributed by atoms with Crippen molar-refractivity contribution in [3.63, 3.8) is 0 Å². The van der Waals surface area contributed by atoms with Crippen LogP contribution in [-0.4, -0.2) is 29.3 Å². The van der Waals surface area contributed by atoms with Crippen molar-refractivity contribution in [2.24, 2.45) is 0 Å². The summed E-state index contributed by atoms with van der Waals surface area (Å²) in [5, 5.41) is 2.97. The van der Waals surface area contributed by atoms with Crippen molar-refractivity contribution in [1.29, 1.82) is 0 Å². The highest BCUT2D eigenvalue weighted by atomic mass is 16.2.